The van der Waals surface area contributed by atoms with Crippen molar-refractivity contribution < 1.29 is 24.6 Å². The maximum absolute atomic E-state index is 14.2. The summed E-state index contributed by atoms with van der Waals surface area (Å²) in [6, 6.07) is 17.9. The first kappa shape index (κ1) is 29.5. The fraction of sp³-hybridized carbons (Fsp3) is 0.516. The lowest BCUT2D eigenvalue weighted by Gasteiger charge is -2.35. The number of aliphatic hydroxyl groups excluding tert-OH is 2. The second-order valence-electron chi connectivity index (χ2n) is 10.5. The number of rotatable bonds is 14. The summed E-state index contributed by atoms with van der Waals surface area (Å²) in [7, 11) is 0. The number of Topliss-reactive ketones (excluding diaryl/α,β-unsaturated/α-hetero) is 2. The van der Waals surface area contributed by atoms with E-state index in [1.54, 1.807) is 23.6 Å². The number of ketones is 2. The predicted octanol–water partition coefficient (Wildman–Crippen LogP) is 4.19. The van der Waals surface area contributed by atoms with Crippen molar-refractivity contribution in [3.05, 3.63) is 71.8 Å². The lowest BCUT2D eigenvalue weighted by molar-refractivity contribution is -0.118. The molecule has 1 aliphatic rings. The SMILES string of the molecule is CC(=O)CCCCN1C(=O)N(CCCCC(C)=O)[C@H](Cc2ccccc2)[C@H](O)[C@@H](O)[C@H]1Cc1ccccc1. The Balaban J connectivity index is 1.93. The van der Waals surface area contributed by atoms with E-state index in [9.17, 15) is 24.6 Å². The standard InChI is InChI=1S/C31H42N2O5/c1-23(34)13-9-11-19-32-27(21-25-15-5-3-6-16-25)29(36)30(37)28(22-26-17-7-4-8-18-26)33(31(32)38)20-12-10-14-24(2)35/h3-8,15-18,27-30,36-37H,9-14,19-22H2,1-2H3/t27-,28-,29+,30+/m1/s1. The van der Waals surface area contributed by atoms with Gasteiger partial charge in [-0.05, 0) is 63.5 Å². The zero-order valence-electron chi connectivity index (χ0n) is 22.7. The number of carbonyl (C=O) groups is 3. The molecule has 0 spiro atoms. The van der Waals surface area contributed by atoms with Crippen molar-refractivity contribution in [2.45, 2.75) is 89.5 Å². The summed E-state index contributed by atoms with van der Waals surface area (Å²) in [5, 5.41) is 23.1. The average Bonchev–Trinajstić information content (AvgIpc) is 2.96. The molecule has 38 heavy (non-hydrogen) atoms. The van der Waals surface area contributed by atoms with Gasteiger partial charge in [0, 0.05) is 25.9 Å². The van der Waals surface area contributed by atoms with E-state index in [1.807, 2.05) is 60.7 Å². The van der Waals surface area contributed by atoms with Crippen LogP contribution in [-0.4, -0.2) is 75.0 Å². The number of urea groups is 1. The Kier molecular flexibility index (Phi) is 11.5. The Bertz CT molecular complexity index is 948. The van der Waals surface area contributed by atoms with E-state index in [4.69, 9.17) is 0 Å². The Hall–Kier alpha value is -3.03. The molecule has 0 radical (unpaired) electrons. The molecule has 2 aromatic rings. The fourth-order valence-electron chi connectivity index (χ4n) is 5.28. The van der Waals surface area contributed by atoms with Gasteiger partial charge in [0.15, 0.2) is 0 Å². The third kappa shape index (κ3) is 8.50. The molecule has 0 unspecified atom stereocenters. The highest BCUT2D eigenvalue weighted by Gasteiger charge is 2.45. The van der Waals surface area contributed by atoms with Crippen LogP contribution in [-0.2, 0) is 22.4 Å². The van der Waals surface area contributed by atoms with Gasteiger partial charge in [0.25, 0.3) is 0 Å². The number of amides is 2. The summed E-state index contributed by atoms with van der Waals surface area (Å²) >= 11 is 0. The van der Waals surface area contributed by atoms with Crippen molar-refractivity contribution in [2.75, 3.05) is 13.1 Å². The molecule has 1 aliphatic heterocycles. The quantitative estimate of drug-likeness (QED) is 0.363. The second-order valence-corrected chi connectivity index (χ2v) is 10.5. The minimum Gasteiger partial charge on any atom is -0.388 e. The molecule has 7 heteroatoms. The lowest BCUT2D eigenvalue weighted by atomic mass is 9.91. The normalized spacial score (nSPS) is 21.8. The largest absolute Gasteiger partial charge is 0.388 e. The Morgan fingerprint density at radius 2 is 1.03 bits per heavy atom. The highest BCUT2D eigenvalue weighted by Crippen LogP contribution is 2.28. The minimum atomic E-state index is -1.15. The molecule has 2 aromatic carbocycles. The third-order valence-corrected chi connectivity index (χ3v) is 7.36. The van der Waals surface area contributed by atoms with Crippen LogP contribution in [0.25, 0.3) is 0 Å². The van der Waals surface area contributed by atoms with Crippen molar-refractivity contribution in [1.29, 1.82) is 0 Å². The van der Waals surface area contributed by atoms with Crippen LogP contribution in [0.3, 0.4) is 0 Å². The molecule has 0 aromatic heterocycles. The van der Waals surface area contributed by atoms with Crippen LogP contribution in [0.4, 0.5) is 4.79 Å². The van der Waals surface area contributed by atoms with Crippen LogP contribution in [0.2, 0.25) is 0 Å². The van der Waals surface area contributed by atoms with Gasteiger partial charge in [-0.1, -0.05) is 60.7 Å². The lowest BCUT2D eigenvalue weighted by Crippen LogP contribution is -2.51. The summed E-state index contributed by atoms with van der Waals surface area (Å²) in [5.41, 5.74) is 1.94. The van der Waals surface area contributed by atoms with E-state index < -0.39 is 24.3 Å². The predicted molar refractivity (Wildman–Crippen MR) is 148 cm³/mol. The van der Waals surface area contributed by atoms with Crippen LogP contribution in [0.5, 0.6) is 0 Å². The van der Waals surface area contributed by atoms with Crippen molar-refractivity contribution >= 4 is 17.6 Å². The summed E-state index contributed by atoms with van der Waals surface area (Å²) in [6.07, 6.45) is 1.97. The van der Waals surface area contributed by atoms with Gasteiger partial charge in [-0.15, -0.1) is 0 Å². The monoisotopic (exact) mass is 522 g/mol. The van der Waals surface area contributed by atoms with Gasteiger partial charge in [0.05, 0.1) is 12.1 Å². The van der Waals surface area contributed by atoms with E-state index >= 15 is 0 Å². The number of hydrogen-bond acceptors (Lipinski definition) is 5. The van der Waals surface area contributed by atoms with Gasteiger partial charge in [0.1, 0.15) is 23.8 Å². The third-order valence-electron chi connectivity index (χ3n) is 7.36. The van der Waals surface area contributed by atoms with Crippen LogP contribution in [0.1, 0.15) is 63.5 Å². The van der Waals surface area contributed by atoms with Crippen molar-refractivity contribution in [2.24, 2.45) is 0 Å². The maximum atomic E-state index is 14.2. The maximum Gasteiger partial charge on any atom is 0.320 e. The molecule has 0 saturated carbocycles. The van der Waals surface area contributed by atoms with Crippen molar-refractivity contribution in [1.82, 2.24) is 9.80 Å². The summed E-state index contributed by atoms with van der Waals surface area (Å²) < 4.78 is 0. The number of aliphatic hydroxyl groups is 2. The van der Waals surface area contributed by atoms with Crippen LogP contribution in [0.15, 0.2) is 60.7 Å². The van der Waals surface area contributed by atoms with E-state index in [2.05, 4.69) is 0 Å². The second kappa shape index (κ2) is 14.8. The molecule has 0 aliphatic carbocycles. The first-order valence-electron chi connectivity index (χ1n) is 13.8. The molecule has 2 amide bonds. The van der Waals surface area contributed by atoms with Crippen LogP contribution >= 0.6 is 0 Å². The van der Waals surface area contributed by atoms with Crippen molar-refractivity contribution in [3.8, 4) is 0 Å². The Morgan fingerprint density at radius 3 is 1.37 bits per heavy atom. The number of hydrogen-bond donors (Lipinski definition) is 2. The smallest absolute Gasteiger partial charge is 0.320 e. The zero-order chi connectivity index (χ0) is 27.5. The number of unbranched alkanes of at least 4 members (excludes halogenated alkanes) is 2. The Labute approximate surface area is 226 Å². The number of nitrogens with zero attached hydrogens (tertiary/aromatic N) is 2. The molecule has 1 heterocycles. The molecule has 4 atom stereocenters. The van der Waals surface area contributed by atoms with Crippen LogP contribution in [0, 0.1) is 0 Å². The van der Waals surface area contributed by atoms with E-state index in [1.165, 1.54) is 0 Å². The first-order valence-corrected chi connectivity index (χ1v) is 13.8. The van der Waals surface area contributed by atoms with Crippen molar-refractivity contribution in [3.63, 3.8) is 0 Å². The topological polar surface area (TPSA) is 98.2 Å². The molecule has 1 saturated heterocycles. The minimum absolute atomic E-state index is 0.110. The molecule has 7 nitrogen and oxygen atoms in total. The first-order chi connectivity index (χ1) is 18.3. The van der Waals surface area contributed by atoms with Gasteiger partial charge < -0.3 is 29.6 Å². The van der Waals surface area contributed by atoms with E-state index in [0.29, 0.717) is 64.5 Å². The van der Waals surface area contributed by atoms with E-state index in [-0.39, 0.29) is 17.6 Å². The molecule has 3 rings (SSSR count). The summed E-state index contributed by atoms with van der Waals surface area (Å²) in [5.74, 6) is 0.219. The molecular formula is C31H42N2O5. The molecule has 1 fully saturated rings. The highest BCUT2D eigenvalue weighted by atomic mass is 16.3. The van der Waals surface area contributed by atoms with Gasteiger partial charge >= 0.3 is 6.03 Å². The van der Waals surface area contributed by atoms with Gasteiger partial charge in [0.2, 0.25) is 0 Å². The van der Waals surface area contributed by atoms with E-state index in [0.717, 1.165) is 11.1 Å². The molecule has 206 valence electrons. The average molecular weight is 523 g/mol. The summed E-state index contributed by atoms with van der Waals surface area (Å²) in [4.78, 5) is 40.6. The molecular weight excluding hydrogens is 480 g/mol. The Morgan fingerprint density at radius 1 is 0.658 bits per heavy atom. The van der Waals surface area contributed by atoms with Gasteiger partial charge in [-0.3, -0.25) is 0 Å². The van der Waals surface area contributed by atoms with Crippen LogP contribution < -0.4 is 0 Å². The molecule has 0 bridgehead atoms. The number of benzene rings is 2. The van der Waals surface area contributed by atoms with Gasteiger partial charge in [-0.25, -0.2) is 4.79 Å². The summed E-state index contributed by atoms with van der Waals surface area (Å²) in [6.45, 7) is 3.89. The van der Waals surface area contributed by atoms with Gasteiger partial charge in [-0.2, -0.15) is 0 Å². The number of carbonyl (C=O) groups excluding carboxylic acids is 3. The molecule has 2 N–H and O–H groups in total. The highest BCUT2D eigenvalue weighted by molar-refractivity contribution is 5.77. The fourth-order valence-corrected chi connectivity index (χ4v) is 5.28. The zero-order valence-corrected chi connectivity index (χ0v) is 22.7.